The molecule has 25 heavy (non-hydrogen) atoms. The van der Waals surface area contributed by atoms with Crippen LogP contribution in [-0.4, -0.2) is 15.7 Å². The summed E-state index contributed by atoms with van der Waals surface area (Å²) in [4.78, 5) is 25.9. The Morgan fingerprint density at radius 1 is 1.28 bits per heavy atom. The molecule has 0 saturated carbocycles. The van der Waals surface area contributed by atoms with E-state index in [2.05, 4.69) is 16.5 Å². The molecule has 1 N–H and O–H groups in total. The maximum Gasteiger partial charge on any atom is 0.275 e. The van der Waals surface area contributed by atoms with Crippen LogP contribution >= 0.6 is 11.3 Å². The van der Waals surface area contributed by atoms with Crippen LogP contribution in [0, 0.1) is 32.1 Å². The minimum absolute atomic E-state index is 0.203. The fourth-order valence-corrected chi connectivity index (χ4v) is 3.69. The summed E-state index contributed by atoms with van der Waals surface area (Å²) in [6.07, 6.45) is 0. The Labute approximate surface area is 148 Å². The molecule has 0 saturated heterocycles. The van der Waals surface area contributed by atoms with Gasteiger partial charge in [-0.05, 0) is 32.4 Å². The molecule has 0 atom stereocenters. The molecule has 6 nitrogen and oxygen atoms in total. The smallest absolute Gasteiger partial charge is 0.275 e. The van der Waals surface area contributed by atoms with E-state index in [4.69, 9.17) is 0 Å². The molecule has 3 rings (SSSR count). The maximum absolute atomic E-state index is 12.5. The van der Waals surface area contributed by atoms with Crippen LogP contribution in [0.15, 0.2) is 29.1 Å². The standard InChI is InChI=1S/C18H16N4O2S/c1-10-12(3)25-17(15(10)8-19)20-16(23)9-22-18(24)14-7-5-4-6-13(14)11(2)21-22/h4-7H,9H2,1-3H3,(H,20,23). The van der Waals surface area contributed by atoms with Crippen molar-refractivity contribution in [2.75, 3.05) is 5.32 Å². The van der Waals surface area contributed by atoms with Gasteiger partial charge in [0, 0.05) is 10.3 Å². The Morgan fingerprint density at radius 3 is 2.64 bits per heavy atom. The maximum atomic E-state index is 12.5. The zero-order chi connectivity index (χ0) is 18.1. The zero-order valence-electron chi connectivity index (χ0n) is 14.1. The van der Waals surface area contributed by atoms with E-state index in [-0.39, 0.29) is 18.0 Å². The van der Waals surface area contributed by atoms with Gasteiger partial charge in [-0.25, -0.2) is 4.68 Å². The number of fused-ring (bicyclic) bond motifs is 1. The van der Waals surface area contributed by atoms with Crippen LogP contribution in [0.25, 0.3) is 10.8 Å². The molecule has 0 aliphatic heterocycles. The molecular formula is C18H16N4O2S. The monoisotopic (exact) mass is 352 g/mol. The molecule has 2 aromatic heterocycles. The van der Waals surface area contributed by atoms with Crippen LogP contribution in [-0.2, 0) is 11.3 Å². The summed E-state index contributed by atoms with van der Waals surface area (Å²) in [5, 5.41) is 18.0. The van der Waals surface area contributed by atoms with Gasteiger partial charge in [0.05, 0.1) is 16.6 Å². The second-order valence-electron chi connectivity index (χ2n) is 5.74. The summed E-state index contributed by atoms with van der Waals surface area (Å²) in [5.41, 5.74) is 1.70. The highest BCUT2D eigenvalue weighted by Crippen LogP contribution is 2.31. The fraction of sp³-hybridized carbons (Fsp3) is 0.222. The largest absolute Gasteiger partial charge is 0.315 e. The molecule has 0 bridgehead atoms. The molecule has 7 heteroatoms. The third kappa shape index (κ3) is 3.04. The van der Waals surface area contributed by atoms with Gasteiger partial charge < -0.3 is 5.32 Å². The molecule has 126 valence electrons. The third-order valence-electron chi connectivity index (χ3n) is 4.10. The van der Waals surface area contributed by atoms with Crippen molar-refractivity contribution in [3.05, 3.63) is 56.3 Å². The first kappa shape index (κ1) is 16.9. The van der Waals surface area contributed by atoms with Crippen molar-refractivity contribution in [2.45, 2.75) is 27.3 Å². The van der Waals surface area contributed by atoms with Gasteiger partial charge in [0.1, 0.15) is 17.6 Å². The molecule has 0 aliphatic rings. The average Bonchev–Trinajstić information content (AvgIpc) is 2.85. The highest BCUT2D eigenvalue weighted by molar-refractivity contribution is 7.16. The first-order chi connectivity index (χ1) is 11.9. The number of amides is 1. The van der Waals surface area contributed by atoms with E-state index in [0.717, 1.165) is 20.5 Å². The van der Waals surface area contributed by atoms with E-state index < -0.39 is 0 Å². The number of anilines is 1. The van der Waals surface area contributed by atoms with E-state index in [1.54, 1.807) is 19.1 Å². The summed E-state index contributed by atoms with van der Waals surface area (Å²) in [7, 11) is 0. The number of rotatable bonds is 3. The lowest BCUT2D eigenvalue weighted by Gasteiger charge is -2.09. The minimum Gasteiger partial charge on any atom is -0.315 e. The number of aryl methyl sites for hydroxylation is 2. The molecule has 0 unspecified atom stereocenters. The van der Waals surface area contributed by atoms with Gasteiger partial charge in [0.15, 0.2) is 0 Å². The number of carbonyl (C=O) groups excluding carboxylic acids is 1. The summed E-state index contributed by atoms with van der Waals surface area (Å²) >= 11 is 1.35. The SMILES string of the molecule is Cc1sc(NC(=O)Cn2nc(C)c3ccccc3c2=O)c(C#N)c1C. The molecule has 3 aromatic rings. The Kier molecular flexibility index (Phi) is 4.38. The lowest BCUT2D eigenvalue weighted by molar-refractivity contribution is -0.116. The quantitative estimate of drug-likeness (QED) is 0.785. The lowest BCUT2D eigenvalue weighted by Crippen LogP contribution is -2.30. The highest BCUT2D eigenvalue weighted by atomic mass is 32.1. The van der Waals surface area contributed by atoms with Gasteiger partial charge in [0.25, 0.3) is 5.56 Å². The number of benzene rings is 1. The van der Waals surface area contributed by atoms with E-state index in [1.165, 1.54) is 11.3 Å². The molecule has 2 heterocycles. The van der Waals surface area contributed by atoms with Crippen molar-refractivity contribution in [1.29, 1.82) is 5.26 Å². The number of hydrogen-bond donors (Lipinski definition) is 1. The normalized spacial score (nSPS) is 10.6. The van der Waals surface area contributed by atoms with Crippen LogP contribution in [0.2, 0.25) is 0 Å². The average molecular weight is 352 g/mol. The number of thiophene rings is 1. The van der Waals surface area contributed by atoms with Crippen LogP contribution in [0.1, 0.15) is 21.7 Å². The number of nitriles is 1. The molecule has 0 aliphatic carbocycles. The van der Waals surface area contributed by atoms with Crippen molar-refractivity contribution in [3.63, 3.8) is 0 Å². The van der Waals surface area contributed by atoms with E-state index in [9.17, 15) is 14.9 Å². The van der Waals surface area contributed by atoms with Crippen molar-refractivity contribution in [1.82, 2.24) is 9.78 Å². The van der Waals surface area contributed by atoms with Gasteiger partial charge in [-0.2, -0.15) is 10.4 Å². The predicted molar refractivity (Wildman–Crippen MR) is 97.9 cm³/mol. The summed E-state index contributed by atoms with van der Waals surface area (Å²) in [6.45, 7) is 5.34. The van der Waals surface area contributed by atoms with Gasteiger partial charge in [-0.15, -0.1) is 11.3 Å². The minimum atomic E-state index is -0.387. The Balaban J connectivity index is 1.91. The van der Waals surface area contributed by atoms with Gasteiger partial charge in [-0.1, -0.05) is 18.2 Å². The molecular weight excluding hydrogens is 336 g/mol. The Morgan fingerprint density at radius 2 is 1.96 bits per heavy atom. The molecule has 0 spiro atoms. The second kappa shape index (κ2) is 6.49. The zero-order valence-corrected chi connectivity index (χ0v) is 14.9. The van der Waals surface area contributed by atoms with Gasteiger partial charge >= 0.3 is 0 Å². The summed E-state index contributed by atoms with van der Waals surface area (Å²) < 4.78 is 1.16. The highest BCUT2D eigenvalue weighted by Gasteiger charge is 2.16. The predicted octanol–water partition coefficient (Wildman–Crippen LogP) is 2.89. The number of carbonyl (C=O) groups is 1. The van der Waals surface area contributed by atoms with E-state index in [0.29, 0.717) is 21.6 Å². The molecule has 0 fully saturated rings. The Hall–Kier alpha value is -2.98. The first-order valence-corrected chi connectivity index (χ1v) is 8.50. The van der Waals surface area contributed by atoms with Crippen LogP contribution in [0.5, 0.6) is 0 Å². The Bertz CT molecular complexity index is 1090. The van der Waals surface area contributed by atoms with E-state index in [1.807, 2.05) is 26.0 Å². The van der Waals surface area contributed by atoms with Crippen LogP contribution in [0.3, 0.4) is 0 Å². The number of nitrogens with one attached hydrogen (secondary N) is 1. The van der Waals surface area contributed by atoms with Crippen molar-refractivity contribution >= 4 is 33.0 Å². The van der Waals surface area contributed by atoms with Crippen LogP contribution < -0.4 is 10.9 Å². The number of hydrogen-bond acceptors (Lipinski definition) is 5. The second-order valence-corrected chi connectivity index (χ2v) is 6.97. The topological polar surface area (TPSA) is 87.8 Å². The third-order valence-corrected chi connectivity index (χ3v) is 5.22. The molecule has 0 radical (unpaired) electrons. The van der Waals surface area contributed by atoms with Gasteiger partial charge in [0.2, 0.25) is 5.91 Å². The summed E-state index contributed by atoms with van der Waals surface area (Å²) in [6, 6.07) is 9.29. The lowest BCUT2D eigenvalue weighted by atomic mass is 10.1. The van der Waals surface area contributed by atoms with Crippen molar-refractivity contribution < 1.29 is 4.79 Å². The molecule has 1 amide bonds. The van der Waals surface area contributed by atoms with Gasteiger partial charge in [-0.3, -0.25) is 9.59 Å². The first-order valence-electron chi connectivity index (χ1n) is 7.68. The molecule has 1 aromatic carbocycles. The fourth-order valence-electron chi connectivity index (χ4n) is 2.66. The summed E-state index contributed by atoms with van der Waals surface area (Å²) in [5.74, 6) is -0.387. The van der Waals surface area contributed by atoms with Crippen molar-refractivity contribution in [2.24, 2.45) is 0 Å². The van der Waals surface area contributed by atoms with E-state index >= 15 is 0 Å². The number of aromatic nitrogens is 2. The van der Waals surface area contributed by atoms with Crippen LogP contribution in [0.4, 0.5) is 5.00 Å². The van der Waals surface area contributed by atoms with Crippen molar-refractivity contribution in [3.8, 4) is 6.07 Å². The number of nitrogens with zero attached hydrogens (tertiary/aromatic N) is 3.